The molecule has 1 unspecified atom stereocenters. The lowest BCUT2D eigenvalue weighted by Gasteiger charge is -2.30. The minimum atomic E-state index is -0.546. The lowest BCUT2D eigenvalue weighted by atomic mass is 9.93. The number of esters is 1. The van der Waals surface area contributed by atoms with Gasteiger partial charge in [-0.05, 0) is 49.9 Å². The van der Waals surface area contributed by atoms with Crippen LogP contribution in [0.2, 0.25) is 0 Å². The zero-order valence-electron chi connectivity index (χ0n) is 19.4. The molecular weight excluding hydrogens is 402 g/mol. The number of hydrogen-bond donors (Lipinski definition) is 2. The molecule has 1 heterocycles. The van der Waals surface area contributed by atoms with Crippen LogP contribution in [-0.2, 0) is 16.1 Å². The Hall–Kier alpha value is -3.28. The van der Waals surface area contributed by atoms with E-state index in [0.717, 1.165) is 30.6 Å². The fourth-order valence-electron chi connectivity index (χ4n) is 3.81. The highest BCUT2D eigenvalue weighted by atomic mass is 16.5. The van der Waals surface area contributed by atoms with Crippen LogP contribution in [0.3, 0.4) is 0 Å². The lowest BCUT2D eigenvalue weighted by Crippen LogP contribution is -2.46. The number of rotatable bonds is 9. The van der Waals surface area contributed by atoms with Crippen molar-refractivity contribution in [1.82, 2.24) is 10.6 Å². The molecule has 1 aliphatic rings. The predicted octanol–water partition coefficient (Wildman–Crippen LogP) is 5.07. The van der Waals surface area contributed by atoms with Crippen molar-refractivity contribution in [2.75, 3.05) is 11.9 Å². The van der Waals surface area contributed by atoms with E-state index >= 15 is 0 Å². The molecule has 0 spiro atoms. The third-order valence-electron chi connectivity index (χ3n) is 5.43. The highest BCUT2D eigenvalue weighted by Gasteiger charge is 2.33. The van der Waals surface area contributed by atoms with Gasteiger partial charge in [0.1, 0.15) is 0 Å². The Labute approximate surface area is 190 Å². The summed E-state index contributed by atoms with van der Waals surface area (Å²) >= 11 is 0. The van der Waals surface area contributed by atoms with Gasteiger partial charge < -0.3 is 20.3 Å². The molecule has 2 N–H and O–H groups in total. The number of allylic oxidation sites excluding steroid dienone is 1. The molecule has 0 aliphatic carbocycles. The van der Waals surface area contributed by atoms with Gasteiger partial charge in [0.25, 0.3) is 0 Å². The summed E-state index contributed by atoms with van der Waals surface area (Å²) in [5.74, 6) is -0.395. The van der Waals surface area contributed by atoms with Crippen LogP contribution in [0.15, 0.2) is 65.9 Å². The smallest absolute Gasteiger partial charge is 0.338 e. The monoisotopic (exact) mass is 435 g/mol. The molecule has 170 valence electrons. The number of hydrogen-bond acceptors (Lipinski definition) is 4. The maximum absolute atomic E-state index is 13.0. The highest BCUT2D eigenvalue weighted by Crippen LogP contribution is 2.31. The number of carbonyl (C=O) groups excluding carboxylic acids is 2. The first-order valence-electron chi connectivity index (χ1n) is 11.3. The molecule has 1 aliphatic heterocycles. The number of benzene rings is 2. The Morgan fingerprint density at radius 3 is 2.41 bits per heavy atom. The maximum atomic E-state index is 13.0. The van der Waals surface area contributed by atoms with Crippen LogP contribution < -0.4 is 15.5 Å². The number of unbranched alkanes of at least 4 members (excludes halogenated alkanes) is 1. The summed E-state index contributed by atoms with van der Waals surface area (Å²) in [4.78, 5) is 27.5. The summed E-state index contributed by atoms with van der Waals surface area (Å²) in [6, 6.07) is 17.4. The molecule has 0 fully saturated rings. The van der Waals surface area contributed by atoms with Gasteiger partial charge in [-0.1, -0.05) is 55.8 Å². The van der Waals surface area contributed by atoms with Crippen molar-refractivity contribution in [3.8, 4) is 0 Å². The normalized spacial score (nSPS) is 15.9. The van der Waals surface area contributed by atoms with Crippen LogP contribution in [-0.4, -0.2) is 25.2 Å². The topological polar surface area (TPSA) is 70.7 Å². The van der Waals surface area contributed by atoms with Crippen LogP contribution in [0.25, 0.3) is 0 Å². The molecule has 2 aromatic rings. The number of nitrogens with zero attached hydrogens (tertiary/aromatic N) is 1. The van der Waals surface area contributed by atoms with Crippen LogP contribution >= 0.6 is 0 Å². The summed E-state index contributed by atoms with van der Waals surface area (Å²) in [6.07, 6.45) is 2.23. The molecular formula is C26H33N3O3. The second-order valence-corrected chi connectivity index (χ2v) is 8.41. The van der Waals surface area contributed by atoms with Crippen LogP contribution in [0.1, 0.15) is 57.2 Å². The van der Waals surface area contributed by atoms with Gasteiger partial charge in [0.15, 0.2) is 0 Å². The van der Waals surface area contributed by atoms with E-state index in [2.05, 4.69) is 34.6 Å². The van der Waals surface area contributed by atoms with E-state index < -0.39 is 12.0 Å². The zero-order valence-corrected chi connectivity index (χ0v) is 19.4. The van der Waals surface area contributed by atoms with Gasteiger partial charge in [0, 0.05) is 25.0 Å². The van der Waals surface area contributed by atoms with Gasteiger partial charge in [0.2, 0.25) is 0 Å². The van der Waals surface area contributed by atoms with E-state index in [-0.39, 0.29) is 12.1 Å². The standard InChI is InChI=1S/C26H33N3O3/c1-5-6-12-22-23(25(30)32-18(2)3)24(28-26(31)27-22)20-13-15-21(16-14-20)29(4)17-19-10-8-7-9-11-19/h7-11,13-16,18,24H,5-6,12,17H2,1-4H3,(H2,27,28,31). The molecule has 1 atom stereocenters. The quantitative estimate of drug-likeness (QED) is 0.539. The molecule has 0 bridgehead atoms. The fraction of sp³-hybridized carbons (Fsp3) is 0.385. The summed E-state index contributed by atoms with van der Waals surface area (Å²) in [5.41, 5.74) is 4.27. The molecule has 2 aromatic carbocycles. The first kappa shape index (κ1) is 23.4. The van der Waals surface area contributed by atoms with Crippen molar-refractivity contribution < 1.29 is 14.3 Å². The van der Waals surface area contributed by atoms with Gasteiger partial charge in [-0.2, -0.15) is 0 Å². The second kappa shape index (κ2) is 10.8. The van der Waals surface area contributed by atoms with E-state index in [1.807, 2.05) is 63.4 Å². The molecule has 6 nitrogen and oxygen atoms in total. The average molecular weight is 436 g/mol. The number of carbonyl (C=O) groups is 2. The van der Waals surface area contributed by atoms with Crippen molar-refractivity contribution >= 4 is 17.7 Å². The average Bonchev–Trinajstić information content (AvgIpc) is 2.77. The molecule has 0 aromatic heterocycles. The molecule has 0 saturated carbocycles. The Morgan fingerprint density at radius 1 is 1.09 bits per heavy atom. The molecule has 2 amide bonds. The van der Waals surface area contributed by atoms with Gasteiger partial charge >= 0.3 is 12.0 Å². The molecule has 6 heteroatoms. The largest absolute Gasteiger partial charge is 0.459 e. The second-order valence-electron chi connectivity index (χ2n) is 8.41. The van der Waals surface area contributed by atoms with Crippen LogP contribution in [0, 0.1) is 0 Å². The number of urea groups is 1. The zero-order chi connectivity index (χ0) is 23.1. The maximum Gasteiger partial charge on any atom is 0.338 e. The minimum absolute atomic E-state index is 0.241. The Morgan fingerprint density at radius 2 is 1.78 bits per heavy atom. The number of nitrogens with one attached hydrogen (secondary N) is 2. The van der Waals surface area contributed by atoms with E-state index in [0.29, 0.717) is 17.7 Å². The van der Waals surface area contributed by atoms with E-state index in [4.69, 9.17) is 4.74 Å². The van der Waals surface area contributed by atoms with Gasteiger partial charge in [-0.25, -0.2) is 9.59 Å². The van der Waals surface area contributed by atoms with E-state index in [9.17, 15) is 9.59 Å². The number of ether oxygens (including phenoxy) is 1. The predicted molar refractivity (Wildman–Crippen MR) is 127 cm³/mol. The van der Waals surface area contributed by atoms with Crippen molar-refractivity contribution in [1.29, 1.82) is 0 Å². The first-order chi connectivity index (χ1) is 15.4. The van der Waals surface area contributed by atoms with Crippen LogP contribution in [0.4, 0.5) is 10.5 Å². The first-order valence-corrected chi connectivity index (χ1v) is 11.3. The number of amides is 2. The SMILES string of the molecule is CCCCC1=C(C(=O)OC(C)C)C(c2ccc(N(C)Cc3ccccc3)cc2)NC(=O)N1. The summed E-state index contributed by atoms with van der Waals surface area (Å²) < 4.78 is 5.52. The van der Waals surface area contributed by atoms with E-state index in [1.165, 1.54) is 5.56 Å². The van der Waals surface area contributed by atoms with E-state index in [1.54, 1.807) is 0 Å². The van der Waals surface area contributed by atoms with Gasteiger partial charge in [-0.15, -0.1) is 0 Å². The van der Waals surface area contributed by atoms with Gasteiger partial charge in [-0.3, -0.25) is 0 Å². The lowest BCUT2D eigenvalue weighted by molar-refractivity contribution is -0.143. The summed E-state index contributed by atoms with van der Waals surface area (Å²) in [5, 5.41) is 5.74. The summed E-state index contributed by atoms with van der Waals surface area (Å²) in [6.45, 7) is 6.52. The van der Waals surface area contributed by atoms with Crippen molar-refractivity contribution in [2.24, 2.45) is 0 Å². The highest BCUT2D eigenvalue weighted by molar-refractivity contribution is 5.95. The Balaban J connectivity index is 1.87. The minimum Gasteiger partial charge on any atom is -0.459 e. The van der Waals surface area contributed by atoms with Crippen LogP contribution in [0.5, 0.6) is 0 Å². The van der Waals surface area contributed by atoms with Crippen molar-refractivity contribution in [2.45, 2.75) is 58.7 Å². The van der Waals surface area contributed by atoms with Crippen molar-refractivity contribution in [3.63, 3.8) is 0 Å². The summed E-state index contributed by atoms with van der Waals surface area (Å²) in [7, 11) is 2.04. The van der Waals surface area contributed by atoms with Gasteiger partial charge in [0.05, 0.1) is 17.7 Å². The molecule has 32 heavy (non-hydrogen) atoms. The molecule has 0 radical (unpaired) electrons. The Kier molecular flexibility index (Phi) is 7.92. The third-order valence-corrected chi connectivity index (χ3v) is 5.43. The fourth-order valence-corrected chi connectivity index (χ4v) is 3.81. The third kappa shape index (κ3) is 5.90. The molecule has 3 rings (SSSR count). The molecule has 0 saturated heterocycles. The Bertz CT molecular complexity index is 952. The van der Waals surface area contributed by atoms with Crippen molar-refractivity contribution in [3.05, 3.63) is 77.0 Å². The number of anilines is 1.